The second-order valence-electron chi connectivity index (χ2n) is 10.3. The minimum Gasteiger partial charge on any atom is -0.379 e. The summed E-state index contributed by atoms with van der Waals surface area (Å²) in [7, 11) is -3.75. The van der Waals surface area contributed by atoms with Gasteiger partial charge < -0.3 is 48.5 Å². The van der Waals surface area contributed by atoms with Crippen molar-refractivity contribution >= 4 is 19.4 Å². The highest BCUT2D eigenvalue weighted by Crippen LogP contribution is 2.59. The third kappa shape index (κ3) is 24.8. The van der Waals surface area contributed by atoms with E-state index in [0.29, 0.717) is 98.6 Å². The average molecular weight is 643 g/mol. The number of hydrogen-bond acceptors (Lipinski definition) is 10. The monoisotopic (exact) mass is 642 g/mol. The van der Waals surface area contributed by atoms with Crippen molar-refractivity contribution in [3.8, 4) is 0 Å². The first-order valence-electron chi connectivity index (χ1n) is 15.6. The largest absolute Gasteiger partial charge is 0.379 e. The number of rotatable bonds is 32. The average Bonchev–Trinajstić information content (AvgIpc) is 2.96. The Labute approximate surface area is 258 Å². The molecule has 0 aliphatic carbocycles. The van der Waals surface area contributed by atoms with Crippen LogP contribution in [0, 0.1) is 0 Å². The maximum atomic E-state index is 12.9. The summed E-state index contributed by atoms with van der Waals surface area (Å²) in [5.41, 5.74) is 0. The van der Waals surface area contributed by atoms with Crippen LogP contribution in [0.3, 0.4) is 0 Å². The number of carbonyl (C=O) groups excluding carboxylic acids is 2. The van der Waals surface area contributed by atoms with E-state index in [2.05, 4.69) is 17.6 Å². The van der Waals surface area contributed by atoms with Crippen molar-refractivity contribution in [3.05, 3.63) is 0 Å². The van der Waals surface area contributed by atoms with Gasteiger partial charge in [0, 0.05) is 26.4 Å². The van der Waals surface area contributed by atoms with Crippen molar-refractivity contribution in [1.82, 2.24) is 10.6 Å². The van der Waals surface area contributed by atoms with Crippen molar-refractivity contribution < 1.29 is 52.0 Å². The van der Waals surface area contributed by atoms with E-state index in [1.165, 1.54) is 6.92 Å². The number of unbranched alkanes of at least 4 members (excludes halogenated alkanes) is 2. The zero-order valence-corrected chi connectivity index (χ0v) is 27.9. The van der Waals surface area contributed by atoms with Gasteiger partial charge in [-0.3, -0.25) is 14.2 Å². The molecule has 0 spiro atoms. The molecule has 13 nitrogen and oxygen atoms in total. The number of nitrogens with one attached hydrogen (secondary N) is 2. The Bertz CT molecular complexity index is 733. The second kappa shape index (κ2) is 28.3. The van der Waals surface area contributed by atoms with Crippen LogP contribution in [0.15, 0.2) is 0 Å². The lowest BCUT2D eigenvalue weighted by Crippen LogP contribution is -2.28. The molecular formula is C29H59N2O11P. The lowest BCUT2D eigenvalue weighted by Gasteiger charge is -2.33. The molecular weight excluding hydrogens is 583 g/mol. The Balaban J connectivity index is 3.53. The molecule has 0 aliphatic rings. The Kier molecular flexibility index (Phi) is 27.6. The SMILES string of the molecule is CCCCCC(C)(CCC)P(=O)(O)OCCOCCOCCOCCNC(=O)CCOCCOCCOCCNC(C)=O. The Morgan fingerprint density at radius 2 is 1.12 bits per heavy atom. The van der Waals surface area contributed by atoms with Crippen LogP contribution >= 0.6 is 7.60 Å². The molecule has 256 valence electrons. The van der Waals surface area contributed by atoms with Crippen LogP contribution in [0.1, 0.15) is 72.6 Å². The maximum absolute atomic E-state index is 12.9. The van der Waals surface area contributed by atoms with Crippen molar-refractivity contribution in [2.45, 2.75) is 77.8 Å². The van der Waals surface area contributed by atoms with Gasteiger partial charge in [-0.2, -0.15) is 0 Å². The Morgan fingerprint density at radius 1 is 0.651 bits per heavy atom. The van der Waals surface area contributed by atoms with Crippen LogP contribution in [-0.2, 0) is 47.1 Å². The van der Waals surface area contributed by atoms with Gasteiger partial charge >= 0.3 is 7.60 Å². The van der Waals surface area contributed by atoms with Crippen LogP contribution in [-0.4, -0.2) is 121 Å². The molecule has 2 unspecified atom stereocenters. The fraction of sp³-hybridized carbons (Fsp3) is 0.931. The van der Waals surface area contributed by atoms with Gasteiger partial charge in [0.25, 0.3) is 0 Å². The second-order valence-corrected chi connectivity index (χ2v) is 12.7. The summed E-state index contributed by atoms with van der Waals surface area (Å²) >= 11 is 0. The van der Waals surface area contributed by atoms with Crippen molar-refractivity contribution in [2.75, 3.05) is 99.0 Å². The van der Waals surface area contributed by atoms with E-state index in [-0.39, 0.29) is 31.4 Å². The van der Waals surface area contributed by atoms with Gasteiger partial charge in [-0.25, -0.2) is 0 Å². The van der Waals surface area contributed by atoms with Gasteiger partial charge in [-0.15, -0.1) is 0 Å². The number of ether oxygens (including phenoxy) is 6. The highest BCUT2D eigenvalue weighted by molar-refractivity contribution is 7.54. The van der Waals surface area contributed by atoms with E-state index < -0.39 is 12.8 Å². The first kappa shape index (κ1) is 41.9. The number of carbonyl (C=O) groups is 2. The summed E-state index contributed by atoms with van der Waals surface area (Å²) in [6, 6.07) is 0. The predicted molar refractivity (Wildman–Crippen MR) is 164 cm³/mol. The van der Waals surface area contributed by atoms with Crippen LogP contribution < -0.4 is 10.6 Å². The Morgan fingerprint density at radius 3 is 1.60 bits per heavy atom. The smallest absolute Gasteiger partial charge is 0.333 e. The molecule has 3 N–H and O–H groups in total. The summed E-state index contributed by atoms with van der Waals surface area (Å²) in [6.45, 7) is 12.9. The van der Waals surface area contributed by atoms with Crippen LogP contribution in [0.2, 0.25) is 0 Å². The maximum Gasteiger partial charge on any atom is 0.333 e. The summed E-state index contributed by atoms with van der Waals surface area (Å²) in [5, 5.41) is 4.69. The number of hydrogen-bond donors (Lipinski definition) is 3. The summed E-state index contributed by atoms with van der Waals surface area (Å²) in [6.07, 6.45) is 5.45. The molecule has 2 amide bonds. The zero-order chi connectivity index (χ0) is 32.1. The fourth-order valence-corrected chi connectivity index (χ4v) is 5.56. The first-order chi connectivity index (χ1) is 20.7. The third-order valence-electron chi connectivity index (χ3n) is 6.43. The molecule has 0 aromatic rings. The van der Waals surface area contributed by atoms with E-state index >= 15 is 0 Å². The summed E-state index contributed by atoms with van der Waals surface area (Å²) in [4.78, 5) is 33.1. The lowest BCUT2D eigenvalue weighted by molar-refractivity contribution is -0.122. The molecule has 43 heavy (non-hydrogen) atoms. The van der Waals surface area contributed by atoms with Crippen LogP contribution in [0.5, 0.6) is 0 Å². The standard InChI is InChI=1S/C29H59N2O11P/c1-5-7-8-11-29(4,10-6-2)43(34,35)42-26-25-41-24-23-40-22-19-38-16-13-31-28(33)9-14-36-17-20-39-21-18-37-15-12-30-27(3)32/h5-26H2,1-4H3,(H,30,32)(H,31,33)(H,34,35). The normalized spacial score (nSPS) is 14.3. The van der Waals surface area contributed by atoms with Crippen molar-refractivity contribution in [1.29, 1.82) is 0 Å². The third-order valence-corrected chi connectivity index (χ3v) is 8.78. The van der Waals surface area contributed by atoms with Crippen molar-refractivity contribution in [3.63, 3.8) is 0 Å². The molecule has 0 saturated carbocycles. The number of amides is 2. The van der Waals surface area contributed by atoms with Gasteiger partial charge in [0.15, 0.2) is 0 Å². The van der Waals surface area contributed by atoms with Crippen LogP contribution in [0.25, 0.3) is 0 Å². The highest BCUT2D eigenvalue weighted by Gasteiger charge is 2.43. The van der Waals surface area contributed by atoms with Gasteiger partial charge in [-0.05, 0) is 19.8 Å². The summed E-state index contributed by atoms with van der Waals surface area (Å²) < 4.78 is 50.7. The quantitative estimate of drug-likeness (QED) is 0.0731. The van der Waals surface area contributed by atoms with E-state index in [9.17, 15) is 19.0 Å². The van der Waals surface area contributed by atoms with Gasteiger partial charge in [0.05, 0.1) is 91.0 Å². The summed E-state index contributed by atoms with van der Waals surface area (Å²) in [5.74, 6) is -0.195. The van der Waals surface area contributed by atoms with Crippen molar-refractivity contribution in [2.24, 2.45) is 0 Å². The van der Waals surface area contributed by atoms with Gasteiger partial charge in [0.1, 0.15) is 0 Å². The molecule has 0 rings (SSSR count). The minimum absolute atomic E-state index is 0.0654. The molecule has 0 aliphatic heterocycles. The topological polar surface area (TPSA) is 160 Å². The molecule has 0 heterocycles. The molecule has 14 heteroatoms. The molecule has 0 aromatic carbocycles. The van der Waals surface area contributed by atoms with E-state index in [1.54, 1.807) is 0 Å². The van der Waals surface area contributed by atoms with E-state index in [1.807, 2.05) is 13.8 Å². The van der Waals surface area contributed by atoms with Gasteiger partial charge in [0.2, 0.25) is 11.8 Å². The van der Waals surface area contributed by atoms with Gasteiger partial charge in [-0.1, -0.05) is 39.5 Å². The fourth-order valence-electron chi connectivity index (χ4n) is 3.98. The molecule has 0 fully saturated rings. The molecule has 0 aromatic heterocycles. The lowest BCUT2D eigenvalue weighted by atomic mass is 9.97. The molecule has 2 atom stereocenters. The first-order valence-corrected chi connectivity index (χ1v) is 17.2. The molecule has 0 saturated heterocycles. The predicted octanol–water partition coefficient (Wildman–Crippen LogP) is 3.07. The minimum atomic E-state index is -3.75. The van der Waals surface area contributed by atoms with Crippen LogP contribution in [0.4, 0.5) is 0 Å². The molecule has 0 bridgehead atoms. The van der Waals surface area contributed by atoms with E-state index in [4.69, 9.17) is 32.9 Å². The zero-order valence-electron chi connectivity index (χ0n) is 27.0. The highest BCUT2D eigenvalue weighted by atomic mass is 31.2. The molecule has 0 radical (unpaired) electrons. The van der Waals surface area contributed by atoms with E-state index in [0.717, 1.165) is 25.7 Å². The Hall–Kier alpha value is -1.15.